The van der Waals surface area contributed by atoms with Crippen molar-refractivity contribution in [2.45, 2.75) is 33.2 Å². The SMILES string of the molecule is CCOc1ccccc1C1Cc2c(C)ccc(C)c2N1. The molecule has 2 aromatic carbocycles. The Hall–Kier alpha value is -1.96. The molecule has 20 heavy (non-hydrogen) atoms. The average Bonchev–Trinajstić information content (AvgIpc) is 2.90. The largest absolute Gasteiger partial charge is 0.494 e. The minimum Gasteiger partial charge on any atom is -0.494 e. The Morgan fingerprint density at radius 2 is 1.85 bits per heavy atom. The van der Waals surface area contributed by atoms with Crippen LogP contribution in [-0.2, 0) is 6.42 Å². The van der Waals surface area contributed by atoms with Gasteiger partial charge in [-0.25, -0.2) is 0 Å². The summed E-state index contributed by atoms with van der Waals surface area (Å²) in [5.74, 6) is 0.996. The highest BCUT2D eigenvalue weighted by Crippen LogP contribution is 2.40. The summed E-state index contributed by atoms with van der Waals surface area (Å²) in [6, 6.07) is 13.1. The molecular formula is C18H21NO. The zero-order valence-corrected chi connectivity index (χ0v) is 12.4. The van der Waals surface area contributed by atoms with Crippen molar-refractivity contribution >= 4 is 5.69 Å². The maximum Gasteiger partial charge on any atom is 0.124 e. The molecule has 0 aromatic heterocycles. The van der Waals surface area contributed by atoms with Crippen molar-refractivity contribution in [2.75, 3.05) is 11.9 Å². The van der Waals surface area contributed by atoms with E-state index in [-0.39, 0.29) is 0 Å². The molecule has 2 nitrogen and oxygen atoms in total. The van der Waals surface area contributed by atoms with Gasteiger partial charge in [0, 0.05) is 11.3 Å². The number of anilines is 1. The Bertz CT molecular complexity index is 602. The molecule has 0 aliphatic carbocycles. The lowest BCUT2D eigenvalue weighted by molar-refractivity contribution is 0.335. The first-order chi connectivity index (χ1) is 9.70. The number of aryl methyl sites for hydroxylation is 2. The molecule has 1 unspecified atom stereocenters. The Labute approximate surface area is 120 Å². The Balaban J connectivity index is 1.96. The van der Waals surface area contributed by atoms with Crippen molar-refractivity contribution in [3.05, 3.63) is 58.7 Å². The van der Waals surface area contributed by atoms with E-state index >= 15 is 0 Å². The van der Waals surface area contributed by atoms with E-state index in [1.807, 2.05) is 13.0 Å². The number of fused-ring (bicyclic) bond motifs is 1. The number of ether oxygens (including phenoxy) is 1. The summed E-state index contributed by atoms with van der Waals surface area (Å²) in [4.78, 5) is 0. The first kappa shape index (κ1) is 13.0. The lowest BCUT2D eigenvalue weighted by Gasteiger charge is -2.16. The van der Waals surface area contributed by atoms with Crippen molar-refractivity contribution < 1.29 is 4.74 Å². The standard InChI is InChI=1S/C18H21NO/c1-4-20-17-8-6-5-7-14(17)16-11-15-12(2)9-10-13(3)18(15)19-16/h5-10,16,19H,4,11H2,1-3H3. The number of hydrogen-bond acceptors (Lipinski definition) is 2. The van der Waals surface area contributed by atoms with E-state index in [9.17, 15) is 0 Å². The summed E-state index contributed by atoms with van der Waals surface area (Å²) in [5, 5.41) is 3.68. The number of rotatable bonds is 3. The second-order valence-electron chi connectivity index (χ2n) is 5.42. The van der Waals surface area contributed by atoms with Gasteiger partial charge in [0.05, 0.1) is 12.6 Å². The fourth-order valence-electron chi connectivity index (χ4n) is 3.01. The molecule has 1 aliphatic heterocycles. The van der Waals surface area contributed by atoms with Gasteiger partial charge in [0.25, 0.3) is 0 Å². The van der Waals surface area contributed by atoms with Crippen LogP contribution in [0, 0.1) is 13.8 Å². The second-order valence-corrected chi connectivity index (χ2v) is 5.42. The van der Waals surface area contributed by atoms with Gasteiger partial charge in [0.2, 0.25) is 0 Å². The fraction of sp³-hybridized carbons (Fsp3) is 0.333. The highest BCUT2D eigenvalue weighted by atomic mass is 16.5. The molecule has 0 amide bonds. The second kappa shape index (κ2) is 5.20. The van der Waals surface area contributed by atoms with Crippen LogP contribution >= 0.6 is 0 Å². The molecule has 0 saturated carbocycles. The van der Waals surface area contributed by atoms with Gasteiger partial charge in [-0.2, -0.15) is 0 Å². The Morgan fingerprint density at radius 3 is 2.60 bits per heavy atom. The van der Waals surface area contributed by atoms with E-state index in [0.29, 0.717) is 12.6 Å². The topological polar surface area (TPSA) is 21.3 Å². The summed E-state index contributed by atoms with van der Waals surface area (Å²) in [6.45, 7) is 7.09. The van der Waals surface area contributed by atoms with Crippen molar-refractivity contribution in [2.24, 2.45) is 0 Å². The summed E-state index contributed by atoms with van der Waals surface area (Å²) in [7, 11) is 0. The van der Waals surface area contributed by atoms with Gasteiger partial charge >= 0.3 is 0 Å². The van der Waals surface area contributed by atoms with E-state index in [4.69, 9.17) is 4.74 Å². The smallest absolute Gasteiger partial charge is 0.124 e. The summed E-state index contributed by atoms with van der Waals surface area (Å²) in [6.07, 6.45) is 1.03. The van der Waals surface area contributed by atoms with Crippen molar-refractivity contribution in [1.29, 1.82) is 0 Å². The maximum absolute atomic E-state index is 5.77. The van der Waals surface area contributed by atoms with Crippen LogP contribution in [0.1, 0.15) is 35.2 Å². The third kappa shape index (κ3) is 2.15. The molecule has 1 N–H and O–H groups in total. The molecule has 2 heteroatoms. The molecule has 0 fully saturated rings. The van der Waals surface area contributed by atoms with Gasteiger partial charge in [0.1, 0.15) is 5.75 Å². The highest BCUT2D eigenvalue weighted by molar-refractivity contribution is 5.66. The first-order valence-corrected chi connectivity index (χ1v) is 7.28. The molecule has 0 bridgehead atoms. The van der Waals surface area contributed by atoms with Crippen LogP contribution in [0.15, 0.2) is 36.4 Å². The number of para-hydroxylation sites is 1. The normalized spacial score (nSPS) is 16.6. The first-order valence-electron chi connectivity index (χ1n) is 7.28. The number of nitrogens with one attached hydrogen (secondary N) is 1. The van der Waals surface area contributed by atoms with E-state index in [2.05, 4.69) is 49.5 Å². The van der Waals surface area contributed by atoms with Crippen molar-refractivity contribution in [1.82, 2.24) is 0 Å². The minimum absolute atomic E-state index is 0.313. The highest BCUT2D eigenvalue weighted by Gasteiger charge is 2.26. The van der Waals surface area contributed by atoms with Gasteiger partial charge < -0.3 is 10.1 Å². The lowest BCUT2D eigenvalue weighted by Crippen LogP contribution is -2.08. The average molecular weight is 267 g/mol. The van der Waals surface area contributed by atoms with Crippen LogP contribution in [0.5, 0.6) is 5.75 Å². The van der Waals surface area contributed by atoms with E-state index in [1.54, 1.807) is 0 Å². The minimum atomic E-state index is 0.313. The third-order valence-corrected chi connectivity index (χ3v) is 4.08. The number of benzene rings is 2. The summed E-state index contributed by atoms with van der Waals surface area (Å²) in [5.41, 5.74) is 6.70. The van der Waals surface area contributed by atoms with Gasteiger partial charge in [0.15, 0.2) is 0 Å². The molecule has 1 heterocycles. The van der Waals surface area contributed by atoms with Crippen molar-refractivity contribution in [3.8, 4) is 5.75 Å². The van der Waals surface area contributed by atoms with E-state index in [0.717, 1.165) is 12.2 Å². The Morgan fingerprint density at radius 1 is 1.10 bits per heavy atom. The number of hydrogen-bond donors (Lipinski definition) is 1. The molecule has 2 aromatic rings. The zero-order chi connectivity index (χ0) is 14.1. The molecule has 3 rings (SSSR count). The predicted octanol–water partition coefficient (Wildman–Crippen LogP) is 4.41. The Kier molecular flexibility index (Phi) is 3.39. The third-order valence-electron chi connectivity index (χ3n) is 4.08. The summed E-state index contributed by atoms with van der Waals surface area (Å²) < 4.78 is 5.77. The van der Waals surface area contributed by atoms with Gasteiger partial charge in [-0.05, 0) is 49.9 Å². The van der Waals surface area contributed by atoms with Crippen LogP contribution < -0.4 is 10.1 Å². The molecule has 1 aliphatic rings. The van der Waals surface area contributed by atoms with Gasteiger partial charge in [-0.15, -0.1) is 0 Å². The quantitative estimate of drug-likeness (QED) is 0.889. The lowest BCUT2D eigenvalue weighted by atomic mass is 9.98. The molecule has 0 saturated heterocycles. The van der Waals surface area contributed by atoms with Crippen molar-refractivity contribution in [3.63, 3.8) is 0 Å². The van der Waals surface area contributed by atoms with Gasteiger partial charge in [-0.1, -0.05) is 30.3 Å². The van der Waals surface area contributed by atoms with E-state index < -0.39 is 0 Å². The molecular weight excluding hydrogens is 246 g/mol. The van der Waals surface area contributed by atoms with Crippen LogP contribution in [-0.4, -0.2) is 6.61 Å². The van der Waals surface area contributed by atoms with Crippen LogP contribution in [0.25, 0.3) is 0 Å². The van der Waals surface area contributed by atoms with Crippen LogP contribution in [0.3, 0.4) is 0 Å². The summed E-state index contributed by atoms with van der Waals surface area (Å²) >= 11 is 0. The molecule has 104 valence electrons. The molecule has 1 atom stereocenters. The van der Waals surface area contributed by atoms with Crippen LogP contribution in [0.2, 0.25) is 0 Å². The molecule has 0 radical (unpaired) electrons. The predicted molar refractivity (Wildman–Crippen MR) is 83.6 cm³/mol. The zero-order valence-electron chi connectivity index (χ0n) is 12.4. The van der Waals surface area contributed by atoms with Gasteiger partial charge in [-0.3, -0.25) is 0 Å². The monoisotopic (exact) mass is 267 g/mol. The fourth-order valence-corrected chi connectivity index (χ4v) is 3.01. The van der Waals surface area contributed by atoms with Crippen LogP contribution in [0.4, 0.5) is 5.69 Å². The van der Waals surface area contributed by atoms with E-state index in [1.165, 1.54) is 27.9 Å². The molecule has 0 spiro atoms. The maximum atomic E-state index is 5.77.